The fourth-order valence-electron chi connectivity index (χ4n) is 5.58. The van der Waals surface area contributed by atoms with Gasteiger partial charge in [-0.05, 0) is 74.1 Å². The number of rotatable bonds is 8. The maximum absolute atomic E-state index is 13.6. The molecule has 0 radical (unpaired) electrons. The van der Waals surface area contributed by atoms with Crippen molar-refractivity contribution in [3.8, 4) is 17.2 Å². The largest absolute Gasteiger partial charge is 0.420 e. The van der Waals surface area contributed by atoms with Crippen molar-refractivity contribution in [2.75, 3.05) is 0 Å². The molecule has 6 aromatic rings. The number of benzene rings is 1. The Bertz CT molecular complexity index is 2170. The Morgan fingerprint density at radius 2 is 2.00 bits per heavy atom. The quantitative estimate of drug-likeness (QED) is 0.272. The van der Waals surface area contributed by atoms with Crippen molar-refractivity contribution in [1.82, 2.24) is 29.3 Å². The Balaban J connectivity index is 1.38. The van der Waals surface area contributed by atoms with Crippen LogP contribution in [0.15, 0.2) is 70.3 Å². The van der Waals surface area contributed by atoms with E-state index in [9.17, 15) is 14.0 Å². The van der Waals surface area contributed by atoms with Crippen molar-refractivity contribution >= 4 is 28.0 Å². The average molecular weight is 589 g/mol. The maximum Gasteiger partial charge on any atom is 0.420 e. The lowest BCUT2D eigenvalue weighted by Crippen LogP contribution is -2.18. The van der Waals surface area contributed by atoms with Gasteiger partial charge in [0.05, 0.1) is 58.7 Å². The number of nitriles is 1. The summed E-state index contributed by atoms with van der Waals surface area (Å²) >= 11 is 0. The predicted octanol–water partition coefficient (Wildman–Crippen LogP) is 4.52. The summed E-state index contributed by atoms with van der Waals surface area (Å²) < 4.78 is 22.4. The predicted molar refractivity (Wildman–Crippen MR) is 158 cm³/mol. The van der Waals surface area contributed by atoms with E-state index in [1.54, 1.807) is 41.2 Å². The van der Waals surface area contributed by atoms with Crippen LogP contribution in [0.2, 0.25) is 0 Å². The Hall–Kier alpha value is -5.70. The van der Waals surface area contributed by atoms with Gasteiger partial charge < -0.3 is 10.2 Å². The van der Waals surface area contributed by atoms with Crippen LogP contribution >= 0.6 is 0 Å². The molecule has 1 amide bonds. The molecule has 1 saturated carbocycles. The lowest BCUT2D eigenvalue weighted by Gasteiger charge is -2.16. The van der Waals surface area contributed by atoms with Gasteiger partial charge in [-0.25, -0.2) is 18.9 Å². The second-order valence-corrected chi connectivity index (χ2v) is 11.0. The topological polar surface area (TPSA) is 159 Å². The van der Waals surface area contributed by atoms with Crippen LogP contribution in [0.3, 0.4) is 0 Å². The van der Waals surface area contributed by atoms with E-state index in [-0.39, 0.29) is 12.6 Å². The Morgan fingerprint density at radius 3 is 2.68 bits per heavy atom. The van der Waals surface area contributed by atoms with Crippen LogP contribution < -0.4 is 11.5 Å². The van der Waals surface area contributed by atoms with Gasteiger partial charge in [0.15, 0.2) is 11.2 Å². The number of halogens is 1. The molecule has 0 saturated heterocycles. The highest BCUT2D eigenvalue weighted by Gasteiger charge is 2.30. The second-order valence-electron chi connectivity index (χ2n) is 11.0. The van der Waals surface area contributed by atoms with Crippen LogP contribution in [0.1, 0.15) is 58.8 Å². The van der Waals surface area contributed by atoms with Crippen molar-refractivity contribution in [1.29, 1.82) is 5.26 Å². The molecule has 11 nitrogen and oxygen atoms in total. The van der Waals surface area contributed by atoms with Crippen molar-refractivity contribution in [2.24, 2.45) is 11.7 Å². The first-order valence-corrected chi connectivity index (χ1v) is 14.1. The first kappa shape index (κ1) is 27.2. The van der Waals surface area contributed by atoms with Gasteiger partial charge in [0.2, 0.25) is 0 Å². The summed E-state index contributed by atoms with van der Waals surface area (Å²) in [7, 11) is 0. The number of primary amides is 1. The molecule has 0 spiro atoms. The summed E-state index contributed by atoms with van der Waals surface area (Å²) in [6.07, 6.45) is 6.91. The molecule has 5 aromatic heterocycles. The number of carbonyl (C=O) groups excluding carboxylic acids is 1. The van der Waals surface area contributed by atoms with E-state index < -0.39 is 17.5 Å². The third kappa shape index (κ3) is 4.78. The molecule has 7 rings (SSSR count). The number of oxazole rings is 1. The lowest BCUT2D eigenvalue weighted by atomic mass is 9.93. The fourth-order valence-corrected chi connectivity index (χ4v) is 5.58. The summed E-state index contributed by atoms with van der Waals surface area (Å²) in [5.74, 6) is -1.21. The molecular weight excluding hydrogens is 563 g/mol. The number of aromatic nitrogens is 6. The van der Waals surface area contributed by atoms with E-state index >= 15 is 0 Å². The first-order valence-electron chi connectivity index (χ1n) is 14.1. The van der Waals surface area contributed by atoms with E-state index in [2.05, 4.69) is 15.1 Å². The Labute approximate surface area is 249 Å². The van der Waals surface area contributed by atoms with E-state index in [0.29, 0.717) is 73.8 Å². The summed E-state index contributed by atoms with van der Waals surface area (Å²) in [6.45, 7) is 2.04. The molecule has 5 heterocycles. The lowest BCUT2D eigenvalue weighted by molar-refractivity contribution is 0.0999. The highest BCUT2D eigenvalue weighted by molar-refractivity contribution is 6.09. The number of pyridine rings is 3. The summed E-state index contributed by atoms with van der Waals surface area (Å²) in [5, 5.41) is 14.3. The van der Waals surface area contributed by atoms with Gasteiger partial charge in [0.25, 0.3) is 5.91 Å². The van der Waals surface area contributed by atoms with Gasteiger partial charge in [-0.2, -0.15) is 10.4 Å². The zero-order chi connectivity index (χ0) is 30.5. The molecule has 44 heavy (non-hydrogen) atoms. The number of carbonyl (C=O) groups is 1. The number of amides is 1. The van der Waals surface area contributed by atoms with Crippen LogP contribution in [-0.4, -0.2) is 35.2 Å². The SMILES string of the molecule is CC(c1ccc(F)cn1)n1ncc2c(-c3ccc4c(c3)oc(=O)n4Cc3ccc(C#N)cn3)c(C(N)=O)c(CC3CC3)nc21. The average Bonchev–Trinajstić information content (AvgIpc) is 3.65. The minimum absolute atomic E-state index is 0.149. The van der Waals surface area contributed by atoms with Gasteiger partial charge >= 0.3 is 5.76 Å². The summed E-state index contributed by atoms with van der Waals surface area (Å²) in [4.78, 5) is 39.4. The smallest absolute Gasteiger partial charge is 0.408 e. The number of nitrogens with zero attached hydrogens (tertiary/aromatic N) is 7. The number of hydrogen-bond donors (Lipinski definition) is 1. The van der Waals surface area contributed by atoms with Gasteiger partial charge in [0.1, 0.15) is 11.9 Å². The van der Waals surface area contributed by atoms with Crippen molar-refractivity contribution in [3.05, 3.63) is 106 Å². The van der Waals surface area contributed by atoms with Crippen molar-refractivity contribution in [2.45, 2.75) is 38.8 Å². The zero-order valence-corrected chi connectivity index (χ0v) is 23.6. The van der Waals surface area contributed by atoms with Crippen LogP contribution in [0, 0.1) is 23.1 Å². The molecule has 1 aromatic carbocycles. The molecule has 0 bridgehead atoms. The molecule has 218 valence electrons. The minimum atomic E-state index is -0.614. The molecular formula is C32H25FN8O3. The monoisotopic (exact) mass is 588 g/mol. The van der Waals surface area contributed by atoms with Crippen molar-refractivity contribution < 1.29 is 13.6 Å². The number of nitrogens with two attached hydrogens (primary N) is 1. The molecule has 1 atom stereocenters. The van der Waals surface area contributed by atoms with E-state index in [0.717, 1.165) is 19.0 Å². The first-order chi connectivity index (χ1) is 21.3. The molecule has 1 aliphatic carbocycles. The van der Waals surface area contributed by atoms with Gasteiger partial charge in [-0.3, -0.25) is 19.3 Å². The standard InChI is InChI=1S/C32H25FN8O3/c1-17(24-8-6-21(33)14-37-24)41-31-23(15-38-41)28(29(30(35)42)25(39-31)10-18-2-3-18)20-5-9-26-27(11-20)44-32(43)40(26)16-22-7-4-19(12-34)13-36-22/h4-9,11,13-15,17-18H,2-3,10,16H2,1H3,(H2,35,42). The zero-order valence-electron chi connectivity index (χ0n) is 23.6. The van der Waals surface area contributed by atoms with E-state index in [1.165, 1.54) is 16.8 Å². The molecule has 2 N–H and O–H groups in total. The maximum atomic E-state index is 13.6. The summed E-state index contributed by atoms with van der Waals surface area (Å²) in [6, 6.07) is 13.2. The van der Waals surface area contributed by atoms with Gasteiger partial charge in [0, 0.05) is 17.1 Å². The Morgan fingerprint density at radius 1 is 1.16 bits per heavy atom. The highest BCUT2D eigenvalue weighted by Crippen LogP contribution is 2.39. The van der Waals surface area contributed by atoms with Crippen LogP contribution in [0.4, 0.5) is 4.39 Å². The van der Waals surface area contributed by atoms with Gasteiger partial charge in [-0.1, -0.05) is 6.07 Å². The Kier molecular flexibility index (Phi) is 6.50. The second kappa shape index (κ2) is 10.5. The minimum Gasteiger partial charge on any atom is -0.408 e. The van der Waals surface area contributed by atoms with Crippen LogP contribution in [0.5, 0.6) is 0 Å². The van der Waals surface area contributed by atoms with Crippen LogP contribution in [0.25, 0.3) is 33.3 Å². The molecule has 1 aliphatic rings. The number of fused-ring (bicyclic) bond motifs is 2. The third-order valence-corrected chi connectivity index (χ3v) is 8.02. The van der Waals surface area contributed by atoms with Crippen LogP contribution in [-0.2, 0) is 13.0 Å². The number of hydrogen-bond acceptors (Lipinski definition) is 8. The third-order valence-electron chi connectivity index (χ3n) is 8.02. The molecule has 1 unspecified atom stereocenters. The van der Waals surface area contributed by atoms with Crippen molar-refractivity contribution in [3.63, 3.8) is 0 Å². The normalized spacial score (nSPS) is 13.8. The summed E-state index contributed by atoms with van der Waals surface area (Å²) in [5.41, 5.74) is 11.1. The highest BCUT2D eigenvalue weighted by atomic mass is 19.1. The van der Waals surface area contributed by atoms with Gasteiger partial charge in [-0.15, -0.1) is 0 Å². The van der Waals surface area contributed by atoms with E-state index in [1.807, 2.05) is 19.1 Å². The molecule has 12 heteroatoms. The van der Waals surface area contributed by atoms with E-state index in [4.69, 9.17) is 20.4 Å². The molecule has 1 fully saturated rings. The molecule has 0 aliphatic heterocycles. The fraction of sp³-hybridized carbons (Fsp3) is 0.219.